The number of carbonyl (C=O) groups is 1. The van der Waals surface area contributed by atoms with E-state index >= 15 is 0 Å². The maximum absolute atomic E-state index is 12.7. The third kappa shape index (κ3) is 3.90. The average molecular weight is 488 g/mol. The first-order valence-corrected chi connectivity index (χ1v) is 11.3. The molecule has 1 aliphatic carbocycles. The summed E-state index contributed by atoms with van der Waals surface area (Å²) in [7, 11) is 2.94. The highest BCUT2D eigenvalue weighted by atomic mass is 16.6. The second-order valence-electron chi connectivity index (χ2n) is 8.74. The minimum Gasteiger partial charge on any atom is -0.508 e. The van der Waals surface area contributed by atoms with Crippen molar-refractivity contribution < 1.29 is 33.6 Å². The fourth-order valence-corrected chi connectivity index (χ4v) is 5.23. The van der Waals surface area contributed by atoms with E-state index < -0.39 is 29.0 Å². The molecule has 36 heavy (non-hydrogen) atoms. The van der Waals surface area contributed by atoms with Crippen molar-refractivity contribution in [2.75, 3.05) is 14.2 Å². The van der Waals surface area contributed by atoms with Gasteiger partial charge in [-0.2, -0.15) is 0 Å². The van der Waals surface area contributed by atoms with Crippen molar-refractivity contribution in [3.05, 3.63) is 106 Å². The standard InChI is InChI=1S/C28H24O8/c1-33-20-13-22(35-23(31)14-20)27-25(17-5-9-19(30)10-6-17)26-21(34-2)15-24(32)36-28(26,27)12-11-16-3-7-18(29)8-4-16/h3-15,25-27,29-30H,1-2H3. The summed E-state index contributed by atoms with van der Waals surface area (Å²) >= 11 is 0. The van der Waals surface area contributed by atoms with E-state index in [0.29, 0.717) is 11.5 Å². The van der Waals surface area contributed by atoms with Crippen molar-refractivity contribution in [2.24, 2.45) is 5.92 Å². The summed E-state index contributed by atoms with van der Waals surface area (Å²) in [6.07, 6.45) is 4.88. The molecule has 1 fully saturated rings. The van der Waals surface area contributed by atoms with Crippen molar-refractivity contribution in [2.45, 2.75) is 17.4 Å². The van der Waals surface area contributed by atoms with Crippen LogP contribution in [0.2, 0.25) is 0 Å². The lowest BCUT2D eigenvalue weighted by Crippen LogP contribution is -2.63. The number of hydrogen-bond acceptors (Lipinski definition) is 8. The molecule has 5 rings (SSSR count). The molecule has 0 bridgehead atoms. The Morgan fingerprint density at radius 2 is 1.56 bits per heavy atom. The summed E-state index contributed by atoms with van der Waals surface area (Å²) in [5.74, 6) is -0.706. The molecule has 0 radical (unpaired) electrons. The number of aromatic hydroxyl groups is 2. The fraction of sp³-hybridized carbons (Fsp3) is 0.214. The number of phenolic OH excluding ortho intramolecular Hbond substituents is 2. The van der Waals surface area contributed by atoms with Crippen LogP contribution in [-0.2, 0) is 14.3 Å². The van der Waals surface area contributed by atoms with E-state index in [1.165, 1.54) is 26.4 Å². The van der Waals surface area contributed by atoms with Crippen molar-refractivity contribution in [3.63, 3.8) is 0 Å². The van der Waals surface area contributed by atoms with Gasteiger partial charge >= 0.3 is 11.6 Å². The van der Waals surface area contributed by atoms with Gasteiger partial charge in [0.15, 0.2) is 5.60 Å². The van der Waals surface area contributed by atoms with Gasteiger partial charge in [-0.1, -0.05) is 30.3 Å². The second-order valence-corrected chi connectivity index (χ2v) is 8.74. The first-order valence-electron chi connectivity index (χ1n) is 11.3. The van der Waals surface area contributed by atoms with E-state index in [1.54, 1.807) is 66.7 Å². The second kappa shape index (κ2) is 8.96. The van der Waals surface area contributed by atoms with Gasteiger partial charge in [-0.25, -0.2) is 9.59 Å². The number of benzene rings is 2. The lowest BCUT2D eigenvalue weighted by atomic mass is 9.49. The van der Waals surface area contributed by atoms with Gasteiger partial charge in [0.1, 0.15) is 28.8 Å². The van der Waals surface area contributed by atoms with Crippen LogP contribution in [-0.4, -0.2) is 36.0 Å². The Hall–Kier alpha value is -4.46. The zero-order valence-electron chi connectivity index (χ0n) is 19.6. The largest absolute Gasteiger partial charge is 0.508 e. The molecule has 4 atom stereocenters. The average Bonchev–Trinajstić information content (AvgIpc) is 2.85. The summed E-state index contributed by atoms with van der Waals surface area (Å²) in [6.45, 7) is 0. The zero-order valence-corrected chi connectivity index (χ0v) is 19.6. The van der Waals surface area contributed by atoms with Crippen LogP contribution in [0.15, 0.2) is 87.8 Å². The Balaban J connectivity index is 1.71. The van der Waals surface area contributed by atoms with Crippen LogP contribution in [0.4, 0.5) is 0 Å². The maximum Gasteiger partial charge on any atom is 0.339 e. The summed E-state index contributed by atoms with van der Waals surface area (Å²) < 4.78 is 22.6. The molecule has 0 spiro atoms. The van der Waals surface area contributed by atoms with Crippen LogP contribution in [0.3, 0.4) is 0 Å². The minimum atomic E-state index is -1.25. The van der Waals surface area contributed by atoms with Gasteiger partial charge in [0.2, 0.25) is 0 Å². The van der Waals surface area contributed by atoms with Gasteiger partial charge in [0.25, 0.3) is 0 Å². The molecule has 1 aliphatic heterocycles. The monoisotopic (exact) mass is 488 g/mol. The highest BCUT2D eigenvalue weighted by Gasteiger charge is 2.68. The van der Waals surface area contributed by atoms with Crippen molar-refractivity contribution in [3.8, 4) is 17.2 Å². The van der Waals surface area contributed by atoms with E-state index in [9.17, 15) is 19.8 Å². The van der Waals surface area contributed by atoms with Gasteiger partial charge in [0, 0.05) is 12.0 Å². The maximum atomic E-state index is 12.7. The summed E-state index contributed by atoms with van der Waals surface area (Å²) in [4.78, 5) is 25.1. The van der Waals surface area contributed by atoms with Crippen LogP contribution in [0.5, 0.6) is 17.2 Å². The van der Waals surface area contributed by atoms with E-state index in [2.05, 4.69) is 0 Å². The molecule has 2 aromatic carbocycles. The number of methoxy groups -OCH3 is 2. The number of rotatable bonds is 6. The Morgan fingerprint density at radius 1 is 0.889 bits per heavy atom. The molecule has 0 amide bonds. The fourth-order valence-electron chi connectivity index (χ4n) is 5.23. The normalized spacial score (nSPS) is 24.9. The van der Waals surface area contributed by atoms with Crippen LogP contribution >= 0.6 is 0 Å². The lowest BCUT2D eigenvalue weighted by molar-refractivity contribution is -0.182. The smallest absolute Gasteiger partial charge is 0.339 e. The Morgan fingerprint density at radius 3 is 2.19 bits per heavy atom. The number of ether oxygens (including phenoxy) is 3. The quantitative estimate of drug-likeness (QED) is 0.499. The van der Waals surface area contributed by atoms with E-state index in [0.717, 1.165) is 11.1 Å². The highest BCUT2D eigenvalue weighted by molar-refractivity contribution is 5.85. The molecule has 3 aromatic rings. The van der Waals surface area contributed by atoms with Crippen molar-refractivity contribution in [1.29, 1.82) is 0 Å². The molecule has 2 N–H and O–H groups in total. The molecule has 2 aliphatic rings. The van der Waals surface area contributed by atoms with Gasteiger partial charge < -0.3 is 28.8 Å². The molecule has 4 unspecified atom stereocenters. The van der Waals surface area contributed by atoms with E-state index in [1.807, 2.05) is 0 Å². The Kier molecular flexibility index (Phi) is 5.80. The molecule has 1 saturated carbocycles. The number of esters is 1. The summed E-state index contributed by atoms with van der Waals surface area (Å²) in [5, 5.41) is 19.5. The van der Waals surface area contributed by atoms with E-state index in [4.69, 9.17) is 18.6 Å². The molecule has 1 aromatic heterocycles. The molecule has 0 saturated heterocycles. The molecule has 184 valence electrons. The van der Waals surface area contributed by atoms with Gasteiger partial charge in [-0.15, -0.1) is 0 Å². The van der Waals surface area contributed by atoms with Crippen LogP contribution in [0.25, 0.3) is 6.08 Å². The first-order chi connectivity index (χ1) is 17.3. The predicted molar refractivity (Wildman–Crippen MR) is 130 cm³/mol. The van der Waals surface area contributed by atoms with Crippen LogP contribution in [0, 0.1) is 5.92 Å². The van der Waals surface area contributed by atoms with Crippen molar-refractivity contribution in [1.82, 2.24) is 0 Å². The third-order valence-corrected chi connectivity index (χ3v) is 6.78. The molecular weight excluding hydrogens is 464 g/mol. The predicted octanol–water partition coefficient (Wildman–Crippen LogP) is 4.10. The lowest BCUT2D eigenvalue weighted by Gasteiger charge is -2.59. The Labute approximate surface area is 206 Å². The van der Waals surface area contributed by atoms with Crippen molar-refractivity contribution >= 4 is 12.0 Å². The molecule has 8 nitrogen and oxygen atoms in total. The van der Waals surface area contributed by atoms with Gasteiger partial charge in [-0.3, -0.25) is 0 Å². The van der Waals surface area contributed by atoms with Crippen LogP contribution in [0.1, 0.15) is 28.7 Å². The summed E-state index contributed by atoms with van der Waals surface area (Å²) in [6, 6.07) is 16.1. The molecule has 2 heterocycles. The SMILES string of the molecule is COC1=CC(=O)OC2(C=Cc3ccc(O)cc3)C1C(c1ccc(O)cc1)C2c1cc(OC)cc(=O)o1. The number of hydrogen-bond donors (Lipinski definition) is 2. The first kappa shape index (κ1) is 23.3. The van der Waals surface area contributed by atoms with Gasteiger partial charge in [-0.05, 0) is 41.5 Å². The van der Waals surface area contributed by atoms with E-state index in [-0.39, 0.29) is 23.2 Å². The molecule has 8 heteroatoms. The van der Waals surface area contributed by atoms with Gasteiger partial charge in [0.05, 0.1) is 38.2 Å². The third-order valence-electron chi connectivity index (χ3n) is 6.78. The number of fused-ring (bicyclic) bond motifs is 1. The Bertz CT molecular complexity index is 1400. The minimum absolute atomic E-state index is 0.110. The highest BCUT2D eigenvalue weighted by Crippen LogP contribution is 2.66. The summed E-state index contributed by atoms with van der Waals surface area (Å²) in [5.41, 5.74) is -0.244. The zero-order chi connectivity index (χ0) is 25.4. The number of phenols is 2. The number of carbonyl (C=O) groups excluding carboxylic acids is 1. The van der Waals surface area contributed by atoms with Crippen LogP contribution < -0.4 is 10.4 Å². The topological polar surface area (TPSA) is 115 Å². The molecular formula is C28H24O8.